The molecule has 1 unspecified atom stereocenters. The molecule has 0 radical (unpaired) electrons. The third-order valence-electron chi connectivity index (χ3n) is 2.14. The molecule has 0 aromatic carbocycles. The molecule has 84 valence electrons. The first-order valence-corrected chi connectivity index (χ1v) is 5.63. The molecule has 0 bridgehead atoms. The van der Waals surface area contributed by atoms with Crippen LogP contribution >= 0.6 is 11.6 Å². The van der Waals surface area contributed by atoms with Crippen molar-refractivity contribution in [3.63, 3.8) is 0 Å². The fourth-order valence-electron chi connectivity index (χ4n) is 1.35. The van der Waals surface area contributed by atoms with E-state index >= 15 is 0 Å². The molecule has 15 heavy (non-hydrogen) atoms. The smallest absolute Gasteiger partial charge is 0.168 e. The van der Waals surface area contributed by atoms with E-state index in [1.807, 2.05) is 12.1 Å². The zero-order valence-corrected chi connectivity index (χ0v) is 9.92. The Morgan fingerprint density at radius 1 is 1.60 bits per heavy atom. The third kappa shape index (κ3) is 3.96. The number of hydrogen-bond donors (Lipinski definition) is 1. The summed E-state index contributed by atoms with van der Waals surface area (Å²) in [5, 5.41) is 3.30. The van der Waals surface area contributed by atoms with Crippen molar-refractivity contribution in [2.45, 2.75) is 25.8 Å². The van der Waals surface area contributed by atoms with Crippen molar-refractivity contribution in [2.24, 2.45) is 0 Å². The maximum Gasteiger partial charge on any atom is 0.168 e. The maximum absolute atomic E-state index is 5.64. The number of nitrogens with zero attached hydrogens (tertiary/aromatic N) is 1. The summed E-state index contributed by atoms with van der Waals surface area (Å²) in [7, 11) is 1.64. The molecule has 1 aromatic heterocycles. The SMILES string of the molecule is COc1cccnc1NC(C)CCCCl. The lowest BCUT2D eigenvalue weighted by molar-refractivity contribution is 0.414. The lowest BCUT2D eigenvalue weighted by Gasteiger charge is -2.15. The van der Waals surface area contributed by atoms with Gasteiger partial charge in [0.05, 0.1) is 7.11 Å². The van der Waals surface area contributed by atoms with Gasteiger partial charge in [0.1, 0.15) is 0 Å². The number of rotatable bonds is 6. The molecule has 1 aromatic rings. The normalized spacial score (nSPS) is 12.2. The van der Waals surface area contributed by atoms with Gasteiger partial charge in [0.15, 0.2) is 11.6 Å². The van der Waals surface area contributed by atoms with Crippen LogP contribution in [0.5, 0.6) is 5.75 Å². The zero-order valence-electron chi connectivity index (χ0n) is 9.16. The van der Waals surface area contributed by atoms with Gasteiger partial charge in [-0.15, -0.1) is 11.6 Å². The fraction of sp³-hybridized carbons (Fsp3) is 0.545. The van der Waals surface area contributed by atoms with Gasteiger partial charge < -0.3 is 10.1 Å². The summed E-state index contributed by atoms with van der Waals surface area (Å²) in [4.78, 5) is 4.23. The van der Waals surface area contributed by atoms with Crippen LogP contribution in [0.15, 0.2) is 18.3 Å². The first-order valence-electron chi connectivity index (χ1n) is 5.09. The highest BCUT2D eigenvalue weighted by Crippen LogP contribution is 2.21. The minimum absolute atomic E-state index is 0.354. The molecule has 4 heteroatoms. The van der Waals surface area contributed by atoms with Crippen molar-refractivity contribution in [3.8, 4) is 5.75 Å². The van der Waals surface area contributed by atoms with Crippen LogP contribution in [0.25, 0.3) is 0 Å². The minimum Gasteiger partial charge on any atom is -0.493 e. The summed E-state index contributed by atoms with van der Waals surface area (Å²) < 4.78 is 5.20. The third-order valence-corrected chi connectivity index (χ3v) is 2.41. The van der Waals surface area contributed by atoms with Crippen LogP contribution < -0.4 is 10.1 Å². The van der Waals surface area contributed by atoms with Gasteiger partial charge in [0.25, 0.3) is 0 Å². The van der Waals surface area contributed by atoms with Gasteiger partial charge in [0, 0.05) is 18.1 Å². The molecule has 3 nitrogen and oxygen atoms in total. The average Bonchev–Trinajstić information content (AvgIpc) is 2.27. The van der Waals surface area contributed by atoms with Gasteiger partial charge in [0.2, 0.25) is 0 Å². The predicted molar refractivity (Wildman–Crippen MR) is 63.8 cm³/mol. The second-order valence-electron chi connectivity index (χ2n) is 3.43. The van der Waals surface area contributed by atoms with Gasteiger partial charge >= 0.3 is 0 Å². The second kappa shape index (κ2) is 6.51. The quantitative estimate of drug-likeness (QED) is 0.761. The van der Waals surface area contributed by atoms with Gasteiger partial charge in [-0.25, -0.2) is 4.98 Å². The van der Waals surface area contributed by atoms with E-state index in [0.717, 1.165) is 24.4 Å². The van der Waals surface area contributed by atoms with Crippen LogP contribution in [-0.4, -0.2) is 24.0 Å². The van der Waals surface area contributed by atoms with Crippen LogP contribution in [0.1, 0.15) is 19.8 Å². The highest BCUT2D eigenvalue weighted by Gasteiger charge is 2.06. The summed E-state index contributed by atoms with van der Waals surface area (Å²) in [6.45, 7) is 2.11. The molecule has 0 aliphatic rings. The lowest BCUT2D eigenvalue weighted by atomic mass is 10.2. The summed E-state index contributed by atoms with van der Waals surface area (Å²) in [6, 6.07) is 4.10. The Morgan fingerprint density at radius 3 is 3.07 bits per heavy atom. The van der Waals surface area contributed by atoms with Crippen LogP contribution in [0, 0.1) is 0 Å². The first kappa shape index (κ1) is 12.1. The summed E-state index contributed by atoms with van der Waals surface area (Å²) in [5.41, 5.74) is 0. The summed E-state index contributed by atoms with van der Waals surface area (Å²) >= 11 is 5.64. The average molecular weight is 229 g/mol. The number of ether oxygens (including phenoxy) is 1. The Labute approximate surface area is 95.8 Å². The van der Waals surface area contributed by atoms with Crippen LogP contribution in [0.2, 0.25) is 0 Å². The number of alkyl halides is 1. The first-order chi connectivity index (χ1) is 7.27. The molecule has 1 N–H and O–H groups in total. The Bertz CT molecular complexity index is 294. The molecule has 1 rings (SSSR count). The molecular formula is C11H17ClN2O. The van der Waals surface area contributed by atoms with Gasteiger partial charge in [-0.3, -0.25) is 0 Å². The van der Waals surface area contributed by atoms with Crippen molar-refractivity contribution >= 4 is 17.4 Å². The van der Waals surface area contributed by atoms with E-state index in [9.17, 15) is 0 Å². The van der Waals surface area contributed by atoms with E-state index in [-0.39, 0.29) is 0 Å². The van der Waals surface area contributed by atoms with Crippen molar-refractivity contribution in [2.75, 3.05) is 18.3 Å². The highest BCUT2D eigenvalue weighted by atomic mass is 35.5. The fourth-order valence-corrected chi connectivity index (χ4v) is 1.51. The maximum atomic E-state index is 5.64. The zero-order chi connectivity index (χ0) is 11.1. The van der Waals surface area contributed by atoms with Gasteiger partial charge in [-0.05, 0) is 31.9 Å². The van der Waals surface area contributed by atoms with E-state index in [1.165, 1.54) is 0 Å². The molecule has 0 aliphatic heterocycles. The number of halogens is 1. The number of pyridine rings is 1. The van der Waals surface area contributed by atoms with Gasteiger partial charge in [-0.2, -0.15) is 0 Å². The second-order valence-corrected chi connectivity index (χ2v) is 3.81. The monoisotopic (exact) mass is 228 g/mol. The van der Waals surface area contributed by atoms with E-state index < -0.39 is 0 Å². The molecule has 0 aliphatic carbocycles. The molecular weight excluding hydrogens is 212 g/mol. The summed E-state index contributed by atoms with van der Waals surface area (Å²) in [5.74, 6) is 2.27. The van der Waals surface area contributed by atoms with Crippen molar-refractivity contribution in [3.05, 3.63) is 18.3 Å². The molecule has 0 spiro atoms. The Hall–Kier alpha value is -0.960. The number of methoxy groups -OCH3 is 1. The van der Waals surface area contributed by atoms with Crippen LogP contribution in [-0.2, 0) is 0 Å². The number of hydrogen-bond acceptors (Lipinski definition) is 3. The topological polar surface area (TPSA) is 34.1 Å². The minimum atomic E-state index is 0.354. The van der Waals surface area contributed by atoms with Crippen LogP contribution in [0.3, 0.4) is 0 Å². The largest absolute Gasteiger partial charge is 0.493 e. The molecule has 0 fully saturated rings. The predicted octanol–water partition coefficient (Wildman–Crippen LogP) is 2.91. The molecule has 0 saturated heterocycles. The van der Waals surface area contributed by atoms with Crippen LogP contribution in [0.4, 0.5) is 5.82 Å². The number of aromatic nitrogens is 1. The highest BCUT2D eigenvalue weighted by molar-refractivity contribution is 6.17. The molecule has 0 saturated carbocycles. The Balaban J connectivity index is 2.55. The number of nitrogens with one attached hydrogen (secondary N) is 1. The Morgan fingerprint density at radius 2 is 2.40 bits per heavy atom. The van der Waals surface area contributed by atoms with E-state index in [1.54, 1.807) is 13.3 Å². The van der Waals surface area contributed by atoms with E-state index in [0.29, 0.717) is 11.9 Å². The van der Waals surface area contributed by atoms with Crippen molar-refractivity contribution in [1.29, 1.82) is 0 Å². The van der Waals surface area contributed by atoms with Crippen molar-refractivity contribution < 1.29 is 4.74 Å². The van der Waals surface area contributed by atoms with E-state index in [4.69, 9.17) is 16.3 Å². The van der Waals surface area contributed by atoms with E-state index in [2.05, 4.69) is 17.2 Å². The molecule has 1 atom stereocenters. The standard InChI is InChI=1S/C11H17ClN2O/c1-9(5-3-7-12)14-11-10(15-2)6-4-8-13-11/h4,6,8-9H,3,5,7H2,1-2H3,(H,13,14). The van der Waals surface area contributed by atoms with Crippen molar-refractivity contribution in [1.82, 2.24) is 4.98 Å². The lowest BCUT2D eigenvalue weighted by Crippen LogP contribution is -2.16. The number of anilines is 1. The van der Waals surface area contributed by atoms with Gasteiger partial charge in [-0.1, -0.05) is 0 Å². The molecule has 0 amide bonds. The molecule has 1 heterocycles. The summed E-state index contributed by atoms with van der Waals surface area (Å²) in [6.07, 6.45) is 3.78. The Kier molecular flexibility index (Phi) is 5.26.